The fourth-order valence-corrected chi connectivity index (χ4v) is 16.1. The van der Waals surface area contributed by atoms with Gasteiger partial charge in [0.2, 0.25) is 0 Å². The number of amides is 2. The number of fused-ring (bicyclic) bond motifs is 2. The molecule has 12 heteroatoms. The Morgan fingerprint density at radius 3 is 2.16 bits per heavy atom. The average molecular weight is 849 g/mol. The number of hydrogen-bond donors (Lipinski definition) is 1. The van der Waals surface area contributed by atoms with Crippen molar-refractivity contribution in [2.45, 2.75) is 142 Å². The lowest BCUT2D eigenvalue weighted by atomic mass is 9.90. The molecule has 7 rings (SSSR count). The van der Waals surface area contributed by atoms with Gasteiger partial charge in [0, 0.05) is 60.4 Å². The SMILES string of the molecule is Cc1c(C(=O)N(c2ccc(O[Si](C(C)C)(C(C)C)C(C)C)cc2)C2CC(C#N)N(C(F)F)C2C)cc(-c2cc3c(cc2C(=O)N2Cc4ccccc4C[C@H]2C)CNCC3)n1C. The minimum absolute atomic E-state index is 0.0135. The van der Waals surface area contributed by atoms with E-state index >= 15 is 4.79 Å². The topological polar surface area (TPSA) is 93.8 Å². The number of carbonyl (C=O) groups is 2. The van der Waals surface area contributed by atoms with E-state index in [4.69, 9.17) is 4.43 Å². The van der Waals surface area contributed by atoms with Gasteiger partial charge >= 0.3 is 0 Å². The maximum atomic E-state index is 15.3. The predicted octanol–water partition coefficient (Wildman–Crippen LogP) is 10.0. The molecule has 2 amide bonds. The van der Waals surface area contributed by atoms with Crippen LogP contribution in [0.3, 0.4) is 0 Å². The Morgan fingerprint density at radius 2 is 1.56 bits per heavy atom. The Balaban J connectivity index is 1.31. The fraction of sp³-hybridized carbons (Fsp3) is 0.490. The summed E-state index contributed by atoms with van der Waals surface area (Å²) < 4.78 is 38.1. The van der Waals surface area contributed by atoms with Crippen LogP contribution in [-0.4, -0.2) is 71.8 Å². The number of alkyl halides is 2. The largest absolute Gasteiger partial charge is 0.543 e. The molecular weight excluding hydrogens is 787 g/mol. The summed E-state index contributed by atoms with van der Waals surface area (Å²) in [5.41, 5.74) is 9.38. The van der Waals surface area contributed by atoms with E-state index in [0.29, 0.717) is 58.0 Å². The van der Waals surface area contributed by atoms with Crippen LogP contribution in [-0.2, 0) is 33.0 Å². The highest BCUT2D eigenvalue weighted by Crippen LogP contribution is 2.44. The molecule has 0 bridgehead atoms. The summed E-state index contributed by atoms with van der Waals surface area (Å²) in [5.74, 6) is 0.297. The molecule has 0 spiro atoms. The molecule has 4 heterocycles. The van der Waals surface area contributed by atoms with Crippen molar-refractivity contribution in [3.8, 4) is 23.1 Å². The molecular formula is C49H62F2N6O3Si. The summed E-state index contributed by atoms with van der Waals surface area (Å²) in [6.45, 7) is 18.2. The molecule has 3 aliphatic heterocycles. The van der Waals surface area contributed by atoms with Gasteiger partial charge in [-0.25, -0.2) is 4.90 Å². The second kappa shape index (κ2) is 17.5. The monoisotopic (exact) mass is 848 g/mol. The first-order chi connectivity index (χ1) is 29.0. The number of nitriles is 1. The molecule has 9 nitrogen and oxygen atoms in total. The highest BCUT2D eigenvalue weighted by atomic mass is 28.4. The third kappa shape index (κ3) is 7.94. The zero-order chi connectivity index (χ0) is 44.1. The number of aromatic nitrogens is 1. The van der Waals surface area contributed by atoms with Crippen LogP contribution in [0.25, 0.3) is 11.3 Å². The van der Waals surface area contributed by atoms with Crippen molar-refractivity contribution in [3.63, 3.8) is 0 Å². The molecule has 1 saturated heterocycles. The summed E-state index contributed by atoms with van der Waals surface area (Å²) in [6, 6.07) is 21.2. The molecule has 0 saturated carbocycles. The summed E-state index contributed by atoms with van der Waals surface area (Å²) in [6.07, 6.45) is 1.63. The van der Waals surface area contributed by atoms with Crippen molar-refractivity contribution >= 4 is 25.8 Å². The lowest BCUT2D eigenvalue weighted by Gasteiger charge is -2.42. The number of likely N-dealkylation sites (tertiary alicyclic amines) is 1. The summed E-state index contributed by atoms with van der Waals surface area (Å²) in [7, 11) is -0.390. The fourth-order valence-electron chi connectivity index (χ4n) is 10.8. The number of benzene rings is 3. The number of nitrogens with one attached hydrogen (secondary N) is 1. The molecule has 1 fully saturated rings. The van der Waals surface area contributed by atoms with Crippen LogP contribution in [0.15, 0.2) is 66.7 Å². The number of anilines is 1. The zero-order valence-electron chi connectivity index (χ0n) is 37.4. The molecule has 1 N–H and O–H groups in total. The zero-order valence-corrected chi connectivity index (χ0v) is 38.4. The molecule has 4 atom stereocenters. The number of halogens is 2. The van der Waals surface area contributed by atoms with Gasteiger partial charge in [-0.2, -0.15) is 14.0 Å². The van der Waals surface area contributed by atoms with Gasteiger partial charge < -0.3 is 24.1 Å². The van der Waals surface area contributed by atoms with Gasteiger partial charge in [-0.1, -0.05) is 65.8 Å². The number of hydrogen-bond acceptors (Lipinski definition) is 6. The number of nitrogens with zero attached hydrogens (tertiary/aromatic N) is 5. The third-order valence-corrected chi connectivity index (χ3v) is 20.2. The highest BCUT2D eigenvalue weighted by molar-refractivity contribution is 6.78. The predicted molar refractivity (Wildman–Crippen MR) is 241 cm³/mol. The van der Waals surface area contributed by atoms with Crippen LogP contribution in [0.2, 0.25) is 16.6 Å². The van der Waals surface area contributed by atoms with E-state index in [2.05, 4.69) is 78.1 Å². The van der Waals surface area contributed by atoms with Gasteiger partial charge in [-0.15, -0.1) is 0 Å². The Hall–Kier alpha value is -4.83. The smallest absolute Gasteiger partial charge is 0.296 e. The lowest BCUT2D eigenvalue weighted by Crippen LogP contribution is -2.50. The van der Waals surface area contributed by atoms with Crippen LogP contribution < -0.4 is 14.6 Å². The van der Waals surface area contributed by atoms with Crippen molar-refractivity contribution in [1.29, 1.82) is 5.26 Å². The Labute approximate surface area is 361 Å². The Morgan fingerprint density at radius 1 is 0.902 bits per heavy atom. The van der Waals surface area contributed by atoms with Crippen molar-refractivity contribution < 1.29 is 22.8 Å². The first-order valence-corrected chi connectivity index (χ1v) is 24.1. The normalized spacial score (nSPS) is 20.6. The molecule has 1 aromatic heterocycles. The molecule has 0 aliphatic carbocycles. The van der Waals surface area contributed by atoms with Crippen LogP contribution in [0.1, 0.15) is 110 Å². The standard InChI is InChI=1S/C49H62F2N6O3Si/c1-29(2)61(30(3)4,31(5)6)60-41-17-15-39(16-18-41)57(45-24-40(26-52)56(34(45)9)49(50)51)48(59)42-25-46(54(10)33(42)8)43-22-36-19-20-53-27-38(36)23-44(43)47(58)55-28-37-14-12-11-13-35(37)21-32(55)7/h11-18,22-23,25,29-32,34,40,45,49,53H,19-21,24,27-28H2,1-10H3/t32-,34?,40?,45?/m1/s1. The third-order valence-electron chi connectivity index (χ3n) is 14.2. The van der Waals surface area contributed by atoms with E-state index in [0.717, 1.165) is 52.2 Å². The van der Waals surface area contributed by atoms with Crippen LogP contribution in [0.4, 0.5) is 14.5 Å². The van der Waals surface area contributed by atoms with Crippen molar-refractivity contribution in [2.24, 2.45) is 7.05 Å². The Kier molecular flexibility index (Phi) is 12.7. The molecule has 3 unspecified atom stereocenters. The van der Waals surface area contributed by atoms with Crippen molar-refractivity contribution in [2.75, 3.05) is 11.4 Å². The summed E-state index contributed by atoms with van der Waals surface area (Å²) >= 11 is 0. The first kappa shape index (κ1) is 44.2. The molecule has 61 heavy (non-hydrogen) atoms. The van der Waals surface area contributed by atoms with Crippen molar-refractivity contribution in [1.82, 2.24) is 19.7 Å². The highest BCUT2D eigenvalue weighted by Gasteiger charge is 2.49. The second-order valence-electron chi connectivity index (χ2n) is 18.4. The molecule has 3 aliphatic rings. The van der Waals surface area contributed by atoms with Crippen LogP contribution in [0.5, 0.6) is 5.75 Å². The van der Waals surface area contributed by atoms with Gasteiger partial charge in [0.1, 0.15) is 11.8 Å². The quantitative estimate of drug-likeness (QED) is 0.119. The van der Waals surface area contributed by atoms with E-state index in [1.54, 1.807) is 11.8 Å². The molecule has 3 aromatic carbocycles. The molecule has 0 radical (unpaired) electrons. The molecule has 324 valence electrons. The Bertz CT molecular complexity index is 2300. The van der Waals surface area contributed by atoms with E-state index < -0.39 is 33.0 Å². The maximum Gasteiger partial charge on any atom is 0.296 e. The van der Waals surface area contributed by atoms with Gasteiger partial charge in [0.05, 0.1) is 17.7 Å². The van der Waals surface area contributed by atoms with Gasteiger partial charge in [0.25, 0.3) is 26.7 Å². The molecule has 4 aromatic rings. The second-order valence-corrected chi connectivity index (χ2v) is 23.8. The van der Waals surface area contributed by atoms with Crippen LogP contribution >= 0.6 is 0 Å². The summed E-state index contributed by atoms with van der Waals surface area (Å²) in [4.78, 5) is 34.6. The first-order valence-electron chi connectivity index (χ1n) is 22.0. The van der Waals surface area contributed by atoms with E-state index in [1.807, 2.05) is 72.0 Å². The lowest BCUT2D eigenvalue weighted by molar-refractivity contribution is -0.0453. The van der Waals surface area contributed by atoms with Gasteiger partial charge in [-0.05, 0) is 128 Å². The maximum absolute atomic E-state index is 15.3. The van der Waals surface area contributed by atoms with Gasteiger partial charge in [-0.3, -0.25) is 9.59 Å². The van der Waals surface area contributed by atoms with E-state index in [9.17, 15) is 18.8 Å². The number of rotatable bonds is 11. The van der Waals surface area contributed by atoms with E-state index in [-0.39, 0.29) is 24.3 Å². The number of carbonyl (C=O) groups excluding carboxylic acids is 2. The van der Waals surface area contributed by atoms with Crippen LogP contribution in [0, 0.1) is 18.3 Å². The van der Waals surface area contributed by atoms with E-state index in [1.165, 1.54) is 5.56 Å². The minimum Gasteiger partial charge on any atom is -0.543 e. The average Bonchev–Trinajstić information content (AvgIpc) is 3.72. The minimum atomic E-state index is -2.87. The van der Waals surface area contributed by atoms with Gasteiger partial charge in [0.15, 0.2) is 0 Å². The summed E-state index contributed by atoms with van der Waals surface area (Å²) in [5, 5.41) is 13.5. The van der Waals surface area contributed by atoms with Crippen molar-refractivity contribution in [3.05, 3.63) is 106 Å².